The minimum absolute atomic E-state index is 0.661. The van der Waals surface area contributed by atoms with E-state index in [9.17, 15) is 0 Å². The van der Waals surface area contributed by atoms with Crippen molar-refractivity contribution < 1.29 is 0 Å². The second-order valence-corrected chi connectivity index (χ2v) is 7.57. The lowest BCUT2D eigenvalue weighted by Gasteiger charge is -2.11. The smallest absolute Gasteiger partial charge is 0.136 e. The Morgan fingerprint density at radius 1 is 1.00 bits per heavy atom. The molecule has 0 aliphatic rings. The normalized spacial score (nSPS) is 11.8. The average molecular weight is 397 g/mol. The zero-order valence-corrected chi connectivity index (χ0v) is 16.1. The van der Waals surface area contributed by atoms with Gasteiger partial charge in [-0.3, -0.25) is 4.68 Å². The van der Waals surface area contributed by atoms with Gasteiger partial charge in [-0.05, 0) is 46.5 Å². The van der Waals surface area contributed by atoms with Crippen LogP contribution in [0.15, 0.2) is 53.1 Å². The van der Waals surface area contributed by atoms with Gasteiger partial charge in [0.25, 0.3) is 0 Å². The van der Waals surface area contributed by atoms with E-state index in [1.807, 2.05) is 16.8 Å². The molecule has 2 aromatic carbocycles. The van der Waals surface area contributed by atoms with Gasteiger partial charge in [0.2, 0.25) is 0 Å². The molecule has 0 atom stereocenters. The molecule has 0 aliphatic carbocycles. The second kappa shape index (κ2) is 6.64. The summed E-state index contributed by atoms with van der Waals surface area (Å²) in [5.74, 6) is 1.72. The van der Waals surface area contributed by atoms with Gasteiger partial charge >= 0.3 is 0 Å². The van der Waals surface area contributed by atoms with Crippen LogP contribution in [0.5, 0.6) is 0 Å². The Labute approximate surface area is 155 Å². The van der Waals surface area contributed by atoms with E-state index in [0.717, 1.165) is 39.8 Å². The van der Waals surface area contributed by atoms with E-state index in [-0.39, 0.29) is 0 Å². The lowest BCUT2D eigenvalue weighted by atomic mass is 10.1. The SMILES string of the molecule is CC(C)CCn1c(Cn2nc(Br)c3ccccc32)nc2ccccc21. The van der Waals surface area contributed by atoms with Crippen molar-refractivity contribution >= 4 is 37.9 Å². The summed E-state index contributed by atoms with van der Waals surface area (Å²) < 4.78 is 5.26. The van der Waals surface area contributed by atoms with E-state index in [1.165, 1.54) is 5.52 Å². The number of hydrogen-bond acceptors (Lipinski definition) is 2. The fourth-order valence-corrected chi connectivity index (χ4v) is 3.75. The molecule has 0 saturated heterocycles. The third-order valence-corrected chi connectivity index (χ3v) is 5.15. The number of aromatic nitrogens is 4. The number of aryl methyl sites for hydroxylation is 1. The number of halogens is 1. The highest BCUT2D eigenvalue weighted by atomic mass is 79.9. The second-order valence-electron chi connectivity index (χ2n) is 6.82. The Balaban J connectivity index is 1.78. The highest BCUT2D eigenvalue weighted by molar-refractivity contribution is 9.10. The molecule has 0 saturated carbocycles. The topological polar surface area (TPSA) is 35.6 Å². The van der Waals surface area contributed by atoms with Crippen molar-refractivity contribution in [3.05, 3.63) is 59.0 Å². The summed E-state index contributed by atoms with van der Waals surface area (Å²) in [5, 5.41) is 5.80. The first-order valence-corrected chi connectivity index (χ1v) is 9.48. The van der Waals surface area contributed by atoms with E-state index < -0.39 is 0 Å². The monoisotopic (exact) mass is 396 g/mol. The van der Waals surface area contributed by atoms with Gasteiger partial charge in [-0.2, -0.15) is 5.10 Å². The summed E-state index contributed by atoms with van der Waals surface area (Å²) in [4.78, 5) is 4.89. The van der Waals surface area contributed by atoms with Crippen molar-refractivity contribution in [2.75, 3.05) is 0 Å². The van der Waals surface area contributed by atoms with Gasteiger partial charge in [0, 0.05) is 11.9 Å². The molecule has 5 heteroatoms. The first kappa shape index (κ1) is 16.3. The molecule has 0 spiro atoms. The van der Waals surface area contributed by atoms with Crippen molar-refractivity contribution in [3.8, 4) is 0 Å². The van der Waals surface area contributed by atoms with Gasteiger partial charge in [-0.15, -0.1) is 0 Å². The number of fused-ring (bicyclic) bond motifs is 2. The molecule has 0 bridgehead atoms. The van der Waals surface area contributed by atoms with Gasteiger partial charge in [-0.25, -0.2) is 4.98 Å². The van der Waals surface area contributed by atoms with E-state index in [0.29, 0.717) is 12.5 Å². The third-order valence-electron chi connectivity index (χ3n) is 4.57. The largest absolute Gasteiger partial charge is 0.326 e. The summed E-state index contributed by atoms with van der Waals surface area (Å²) in [6.07, 6.45) is 1.14. The van der Waals surface area contributed by atoms with Crippen LogP contribution in [0.4, 0.5) is 0 Å². The Hall–Kier alpha value is -2.14. The molecule has 25 heavy (non-hydrogen) atoms. The molecule has 0 N–H and O–H groups in total. The van der Waals surface area contributed by atoms with Crippen LogP contribution in [0.1, 0.15) is 26.1 Å². The van der Waals surface area contributed by atoms with Gasteiger partial charge in [0.15, 0.2) is 0 Å². The van der Waals surface area contributed by atoms with Gasteiger partial charge in [-0.1, -0.05) is 44.2 Å². The van der Waals surface area contributed by atoms with Crippen LogP contribution in [0, 0.1) is 5.92 Å². The van der Waals surface area contributed by atoms with Crippen LogP contribution in [-0.4, -0.2) is 19.3 Å². The summed E-state index contributed by atoms with van der Waals surface area (Å²) in [5.41, 5.74) is 3.38. The molecule has 0 fully saturated rings. The van der Waals surface area contributed by atoms with E-state index >= 15 is 0 Å². The molecule has 0 amide bonds. The number of rotatable bonds is 5. The molecule has 2 heterocycles. The van der Waals surface area contributed by atoms with Crippen LogP contribution in [0.25, 0.3) is 21.9 Å². The standard InChI is InChI=1S/C20H21BrN4/c1-14(2)11-12-24-18-10-6-4-8-16(18)22-19(24)13-25-17-9-5-3-7-15(17)20(21)23-25/h3-10,14H,11-13H2,1-2H3. The first-order chi connectivity index (χ1) is 12.1. The zero-order valence-electron chi connectivity index (χ0n) is 14.5. The van der Waals surface area contributed by atoms with E-state index in [1.54, 1.807) is 0 Å². The molecule has 2 aromatic heterocycles. The molecule has 0 aliphatic heterocycles. The lowest BCUT2D eigenvalue weighted by Crippen LogP contribution is -2.11. The Kier molecular flexibility index (Phi) is 4.34. The van der Waals surface area contributed by atoms with Gasteiger partial charge in [0.1, 0.15) is 10.4 Å². The summed E-state index contributed by atoms with van der Waals surface area (Å²) in [6, 6.07) is 16.7. The number of imidazole rings is 1. The van der Waals surface area contributed by atoms with Crippen molar-refractivity contribution in [3.63, 3.8) is 0 Å². The van der Waals surface area contributed by atoms with Crippen LogP contribution in [-0.2, 0) is 13.1 Å². The Morgan fingerprint density at radius 2 is 1.72 bits per heavy atom. The molecule has 4 nitrogen and oxygen atoms in total. The van der Waals surface area contributed by atoms with Crippen LogP contribution in [0.3, 0.4) is 0 Å². The maximum Gasteiger partial charge on any atom is 0.136 e. The molecule has 0 radical (unpaired) electrons. The first-order valence-electron chi connectivity index (χ1n) is 8.68. The number of hydrogen-bond donors (Lipinski definition) is 0. The fourth-order valence-electron chi connectivity index (χ4n) is 3.22. The molecule has 4 rings (SSSR count). The molecule has 128 valence electrons. The molecule has 4 aromatic rings. The van der Waals surface area contributed by atoms with Gasteiger partial charge in [0.05, 0.1) is 23.1 Å². The summed E-state index contributed by atoms with van der Waals surface area (Å²) in [7, 11) is 0. The number of benzene rings is 2. The minimum Gasteiger partial charge on any atom is -0.326 e. The van der Waals surface area contributed by atoms with Crippen LogP contribution >= 0.6 is 15.9 Å². The fraction of sp³-hybridized carbons (Fsp3) is 0.300. The predicted molar refractivity (Wildman–Crippen MR) is 106 cm³/mol. The number of para-hydroxylation sites is 3. The lowest BCUT2D eigenvalue weighted by molar-refractivity contribution is 0.504. The van der Waals surface area contributed by atoms with Crippen molar-refractivity contribution in [2.45, 2.75) is 33.4 Å². The maximum absolute atomic E-state index is 4.89. The Bertz CT molecular complexity index is 1030. The molecule has 0 unspecified atom stereocenters. The van der Waals surface area contributed by atoms with Crippen LogP contribution in [0.2, 0.25) is 0 Å². The van der Waals surface area contributed by atoms with Crippen molar-refractivity contribution in [1.29, 1.82) is 0 Å². The highest BCUT2D eigenvalue weighted by Crippen LogP contribution is 2.25. The summed E-state index contributed by atoms with van der Waals surface area (Å²) in [6.45, 7) is 6.17. The van der Waals surface area contributed by atoms with E-state index in [2.05, 4.69) is 75.8 Å². The van der Waals surface area contributed by atoms with Gasteiger partial charge < -0.3 is 4.57 Å². The maximum atomic E-state index is 4.89. The Morgan fingerprint density at radius 3 is 2.52 bits per heavy atom. The molecular weight excluding hydrogens is 376 g/mol. The summed E-state index contributed by atoms with van der Waals surface area (Å²) >= 11 is 3.57. The van der Waals surface area contributed by atoms with Crippen molar-refractivity contribution in [2.24, 2.45) is 5.92 Å². The highest BCUT2D eigenvalue weighted by Gasteiger charge is 2.14. The minimum atomic E-state index is 0.661. The third kappa shape index (κ3) is 3.09. The zero-order chi connectivity index (χ0) is 17.4. The number of nitrogens with zero attached hydrogens (tertiary/aromatic N) is 4. The average Bonchev–Trinajstić information content (AvgIpc) is 3.11. The van der Waals surface area contributed by atoms with E-state index in [4.69, 9.17) is 4.98 Å². The van der Waals surface area contributed by atoms with Crippen molar-refractivity contribution in [1.82, 2.24) is 19.3 Å². The quantitative estimate of drug-likeness (QED) is 0.462. The molecular formula is C20H21BrN4. The van der Waals surface area contributed by atoms with Crippen LogP contribution < -0.4 is 0 Å². The predicted octanol–water partition coefficient (Wildman–Crippen LogP) is 5.24.